The van der Waals surface area contributed by atoms with E-state index in [-0.39, 0.29) is 17.3 Å². The number of ether oxygens (including phenoxy) is 1. The lowest BCUT2D eigenvalue weighted by Crippen LogP contribution is -2.43. The molecule has 2 aromatic rings. The van der Waals surface area contributed by atoms with Gasteiger partial charge in [-0.05, 0) is 18.2 Å². The average Bonchev–Trinajstić information content (AvgIpc) is 2.76. The molecule has 2 heterocycles. The van der Waals surface area contributed by atoms with Crippen molar-refractivity contribution in [2.24, 2.45) is 0 Å². The molecular weight excluding hydrogens is 300 g/mol. The molecule has 1 aromatic carbocycles. The molecule has 106 valence electrons. The minimum Gasteiger partial charge on any atom is -0.378 e. The van der Waals surface area contributed by atoms with Gasteiger partial charge >= 0.3 is 4.87 Å². The van der Waals surface area contributed by atoms with Crippen molar-refractivity contribution in [3.8, 4) is 0 Å². The fraction of sp³-hybridized carbons (Fsp3) is 0.385. The summed E-state index contributed by atoms with van der Waals surface area (Å²) in [7, 11) is 0. The predicted octanol–water partition coefficient (Wildman–Crippen LogP) is 1.58. The first kappa shape index (κ1) is 13.6. The van der Waals surface area contributed by atoms with Crippen LogP contribution in [-0.4, -0.2) is 41.7 Å². The van der Waals surface area contributed by atoms with Crippen LogP contribution in [0.1, 0.15) is 0 Å². The van der Waals surface area contributed by atoms with Gasteiger partial charge in [-0.3, -0.25) is 14.2 Å². The molecule has 1 aliphatic heterocycles. The predicted molar refractivity (Wildman–Crippen MR) is 78.5 cm³/mol. The molecule has 7 heteroatoms. The van der Waals surface area contributed by atoms with E-state index < -0.39 is 0 Å². The van der Waals surface area contributed by atoms with Crippen LogP contribution in [0.25, 0.3) is 10.2 Å². The zero-order chi connectivity index (χ0) is 14.1. The van der Waals surface area contributed by atoms with Crippen LogP contribution >= 0.6 is 22.9 Å². The molecule has 5 nitrogen and oxygen atoms in total. The summed E-state index contributed by atoms with van der Waals surface area (Å²) < 4.78 is 7.55. The molecule has 0 saturated carbocycles. The third-order valence-electron chi connectivity index (χ3n) is 3.29. The molecule has 0 bridgehead atoms. The van der Waals surface area contributed by atoms with E-state index in [0.29, 0.717) is 36.8 Å². The molecule has 20 heavy (non-hydrogen) atoms. The van der Waals surface area contributed by atoms with Crippen molar-refractivity contribution in [2.75, 3.05) is 26.3 Å². The van der Waals surface area contributed by atoms with Crippen molar-refractivity contribution in [1.29, 1.82) is 0 Å². The quantitative estimate of drug-likeness (QED) is 0.846. The summed E-state index contributed by atoms with van der Waals surface area (Å²) in [6.45, 7) is 2.32. The number of benzene rings is 1. The van der Waals surface area contributed by atoms with E-state index in [1.54, 1.807) is 23.1 Å². The van der Waals surface area contributed by atoms with Gasteiger partial charge in [0, 0.05) is 18.1 Å². The van der Waals surface area contributed by atoms with Crippen molar-refractivity contribution in [1.82, 2.24) is 9.47 Å². The lowest BCUT2D eigenvalue weighted by Gasteiger charge is -2.26. The van der Waals surface area contributed by atoms with Crippen LogP contribution in [0.3, 0.4) is 0 Å². The second-order valence-corrected chi connectivity index (χ2v) is 5.99. The van der Waals surface area contributed by atoms with Crippen molar-refractivity contribution < 1.29 is 9.53 Å². The Morgan fingerprint density at radius 2 is 2.10 bits per heavy atom. The molecule has 1 saturated heterocycles. The van der Waals surface area contributed by atoms with Crippen LogP contribution in [0.2, 0.25) is 5.02 Å². The Bertz CT molecular complexity index is 703. The SMILES string of the molecule is O=C(Cn1c(=O)sc2ccc(Cl)cc21)N1CCOCC1. The van der Waals surface area contributed by atoms with E-state index in [0.717, 1.165) is 16.0 Å². The van der Waals surface area contributed by atoms with Gasteiger partial charge < -0.3 is 9.64 Å². The van der Waals surface area contributed by atoms with Crippen molar-refractivity contribution in [3.05, 3.63) is 32.9 Å². The van der Waals surface area contributed by atoms with E-state index in [4.69, 9.17) is 16.3 Å². The number of thiazole rings is 1. The Morgan fingerprint density at radius 3 is 2.85 bits per heavy atom. The van der Waals surface area contributed by atoms with Gasteiger partial charge in [0.05, 0.1) is 23.4 Å². The number of morpholine rings is 1. The van der Waals surface area contributed by atoms with Crippen LogP contribution in [0.4, 0.5) is 0 Å². The van der Waals surface area contributed by atoms with Gasteiger partial charge in [-0.1, -0.05) is 22.9 Å². The van der Waals surface area contributed by atoms with Crippen molar-refractivity contribution in [2.45, 2.75) is 6.54 Å². The number of aromatic nitrogens is 1. The Kier molecular flexibility index (Phi) is 3.78. The summed E-state index contributed by atoms with van der Waals surface area (Å²) in [5, 5.41) is 0.558. The van der Waals surface area contributed by atoms with Gasteiger partial charge in [0.2, 0.25) is 5.91 Å². The topological polar surface area (TPSA) is 51.5 Å². The molecule has 1 amide bonds. The van der Waals surface area contributed by atoms with Gasteiger partial charge in [-0.15, -0.1) is 0 Å². The minimum atomic E-state index is -0.135. The number of hydrogen-bond acceptors (Lipinski definition) is 4. The Hall–Kier alpha value is -1.37. The third-order valence-corrected chi connectivity index (χ3v) is 4.48. The normalized spacial score (nSPS) is 15.8. The maximum Gasteiger partial charge on any atom is 0.308 e. The minimum absolute atomic E-state index is 0.0547. The maximum absolute atomic E-state index is 12.2. The summed E-state index contributed by atoms with van der Waals surface area (Å²) in [5.74, 6) is -0.0601. The number of hydrogen-bond donors (Lipinski definition) is 0. The first-order chi connectivity index (χ1) is 9.65. The molecule has 1 aromatic heterocycles. The first-order valence-corrected chi connectivity index (χ1v) is 7.49. The highest BCUT2D eigenvalue weighted by Crippen LogP contribution is 2.21. The Morgan fingerprint density at radius 1 is 1.35 bits per heavy atom. The highest BCUT2D eigenvalue weighted by Gasteiger charge is 2.19. The van der Waals surface area contributed by atoms with Crippen LogP contribution < -0.4 is 4.87 Å². The summed E-state index contributed by atoms with van der Waals surface area (Å²) in [4.78, 5) is 25.8. The summed E-state index contributed by atoms with van der Waals surface area (Å²) in [5.41, 5.74) is 0.717. The number of carbonyl (C=O) groups excluding carboxylic acids is 1. The van der Waals surface area contributed by atoms with Gasteiger partial charge in [0.25, 0.3) is 0 Å². The Balaban J connectivity index is 1.90. The van der Waals surface area contributed by atoms with Gasteiger partial charge in [0.1, 0.15) is 6.54 Å². The number of amides is 1. The summed E-state index contributed by atoms with van der Waals surface area (Å²) >= 11 is 7.09. The highest BCUT2D eigenvalue weighted by molar-refractivity contribution is 7.16. The molecule has 0 radical (unpaired) electrons. The molecule has 0 aliphatic carbocycles. The molecule has 0 spiro atoms. The summed E-state index contributed by atoms with van der Waals surface area (Å²) in [6.07, 6.45) is 0. The van der Waals surface area contributed by atoms with E-state index in [1.165, 1.54) is 4.57 Å². The van der Waals surface area contributed by atoms with E-state index in [1.807, 2.05) is 0 Å². The van der Waals surface area contributed by atoms with Crippen LogP contribution in [0.5, 0.6) is 0 Å². The molecule has 0 N–H and O–H groups in total. The fourth-order valence-electron chi connectivity index (χ4n) is 2.23. The Labute approximate surface area is 124 Å². The zero-order valence-corrected chi connectivity index (χ0v) is 12.2. The van der Waals surface area contributed by atoms with Crippen molar-refractivity contribution in [3.63, 3.8) is 0 Å². The molecule has 1 fully saturated rings. The van der Waals surface area contributed by atoms with Gasteiger partial charge in [-0.2, -0.15) is 0 Å². The molecule has 0 unspecified atom stereocenters. The number of fused-ring (bicyclic) bond motifs is 1. The number of rotatable bonds is 2. The molecule has 0 atom stereocenters. The second kappa shape index (κ2) is 5.55. The lowest BCUT2D eigenvalue weighted by molar-refractivity contribution is -0.135. The average molecular weight is 313 g/mol. The monoisotopic (exact) mass is 312 g/mol. The second-order valence-electron chi connectivity index (χ2n) is 4.56. The van der Waals surface area contributed by atoms with Crippen molar-refractivity contribution >= 4 is 39.1 Å². The van der Waals surface area contributed by atoms with Crippen LogP contribution in [0, 0.1) is 0 Å². The summed E-state index contributed by atoms with van der Waals surface area (Å²) in [6, 6.07) is 5.27. The largest absolute Gasteiger partial charge is 0.378 e. The van der Waals surface area contributed by atoms with E-state index >= 15 is 0 Å². The van der Waals surface area contributed by atoms with Crippen LogP contribution in [0.15, 0.2) is 23.0 Å². The smallest absolute Gasteiger partial charge is 0.308 e. The van der Waals surface area contributed by atoms with E-state index in [9.17, 15) is 9.59 Å². The molecule has 1 aliphatic rings. The first-order valence-electron chi connectivity index (χ1n) is 6.29. The number of carbonyl (C=O) groups is 1. The number of halogens is 1. The third kappa shape index (κ3) is 2.59. The zero-order valence-electron chi connectivity index (χ0n) is 10.7. The molecule has 3 rings (SSSR count). The van der Waals surface area contributed by atoms with Gasteiger partial charge in [-0.25, -0.2) is 0 Å². The molecular formula is C13H13ClN2O3S. The fourth-order valence-corrected chi connectivity index (χ4v) is 3.27. The van der Waals surface area contributed by atoms with Crippen LogP contribution in [-0.2, 0) is 16.1 Å². The number of nitrogens with zero attached hydrogens (tertiary/aromatic N) is 2. The van der Waals surface area contributed by atoms with E-state index in [2.05, 4.69) is 0 Å². The highest BCUT2D eigenvalue weighted by atomic mass is 35.5. The maximum atomic E-state index is 12.2. The lowest BCUT2D eigenvalue weighted by atomic mass is 10.3. The standard InChI is InChI=1S/C13H13ClN2O3S/c14-9-1-2-11-10(7-9)16(13(18)20-11)8-12(17)15-3-5-19-6-4-15/h1-2,7H,3-6,8H2. The van der Waals surface area contributed by atoms with Gasteiger partial charge in [0.15, 0.2) is 0 Å².